The lowest BCUT2D eigenvalue weighted by molar-refractivity contribution is -0.819. The van der Waals surface area contributed by atoms with Crippen LogP contribution in [0.15, 0.2) is 69.3 Å². The number of benzene rings is 1. The number of quaternary nitrogens is 1. The quantitative estimate of drug-likeness (QED) is 0.467. The zero-order valence-corrected chi connectivity index (χ0v) is 19.0. The summed E-state index contributed by atoms with van der Waals surface area (Å²) in [6.45, 7) is 5.21. The first-order chi connectivity index (χ1) is 13.9. The normalized spacial score (nSPS) is 18.4. The molecule has 1 atom stereocenters. The Balaban J connectivity index is 2.02. The van der Waals surface area contributed by atoms with Crippen molar-refractivity contribution in [1.82, 2.24) is 10.3 Å². The van der Waals surface area contributed by atoms with Crippen molar-refractivity contribution in [2.24, 2.45) is 10.9 Å². The van der Waals surface area contributed by atoms with Crippen LogP contribution in [0.1, 0.15) is 19.5 Å². The number of pyridine rings is 1. The predicted molar refractivity (Wildman–Crippen MR) is 123 cm³/mol. The molecular weight excluding hydrogens is 424 g/mol. The Kier molecular flexibility index (Phi) is 7.29. The van der Waals surface area contributed by atoms with Crippen molar-refractivity contribution < 1.29 is 9.22 Å². The number of thiocarbonyl (C=S) groups is 1. The molecule has 1 aromatic heterocycles. The molecule has 3 rings (SSSR count). The molecule has 0 spiro atoms. The van der Waals surface area contributed by atoms with Crippen LogP contribution in [0.3, 0.4) is 0 Å². The van der Waals surface area contributed by atoms with Crippen LogP contribution in [0.4, 0.5) is 0 Å². The standard InChI is InChI=1S/C21H23ClN4OS2/c1-15(2)19-20(29-18-9-6-7-16(22)11-18)26(13-25-19,14-27-21(28)23-3)12-17-8-4-5-10-24-17/h4-11,13,15H,12,14H2,1-3H3/p+1. The molecule has 1 unspecified atom stereocenters. The molecular formula is C21H24ClN4OS2+. The van der Waals surface area contributed by atoms with Gasteiger partial charge < -0.3 is 10.1 Å². The molecule has 1 aliphatic heterocycles. The lowest BCUT2D eigenvalue weighted by Gasteiger charge is -2.31. The fraction of sp³-hybridized carbons (Fsp3) is 0.286. The van der Waals surface area contributed by atoms with Crippen LogP contribution in [0.5, 0.6) is 0 Å². The zero-order valence-electron chi connectivity index (χ0n) is 16.6. The van der Waals surface area contributed by atoms with E-state index in [-0.39, 0.29) is 5.92 Å². The Morgan fingerprint density at radius 1 is 1.28 bits per heavy atom. The maximum atomic E-state index is 6.23. The van der Waals surface area contributed by atoms with Gasteiger partial charge in [-0.25, -0.2) is 9.48 Å². The van der Waals surface area contributed by atoms with E-state index in [0.717, 1.165) is 21.3 Å². The Labute approximate surface area is 186 Å². The average Bonchev–Trinajstić information content (AvgIpc) is 3.05. The van der Waals surface area contributed by atoms with Crippen molar-refractivity contribution >= 4 is 47.1 Å². The third kappa shape index (κ3) is 5.36. The highest BCUT2D eigenvalue weighted by molar-refractivity contribution is 8.02. The van der Waals surface area contributed by atoms with Crippen LogP contribution in [0.2, 0.25) is 5.02 Å². The van der Waals surface area contributed by atoms with E-state index < -0.39 is 0 Å². The number of halogens is 1. The number of aromatic nitrogens is 1. The minimum Gasteiger partial charge on any atom is -0.419 e. The van der Waals surface area contributed by atoms with E-state index in [1.165, 1.54) is 0 Å². The molecule has 0 aliphatic carbocycles. The minimum atomic E-state index is 0.257. The maximum absolute atomic E-state index is 6.23. The third-order valence-corrected chi connectivity index (χ3v) is 6.21. The molecule has 2 aromatic rings. The molecule has 29 heavy (non-hydrogen) atoms. The van der Waals surface area contributed by atoms with Crippen LogP contribution in [0, 0.1) is 5.92 Å². The number of allylic oxidation sites excluding steroid dienone is 1. The molecule has 0 radical (unpaired) electrons. The number of aliphatic imine (C=N–C) groups is 1. The fourth-order valence-electron chi connectivity index (χ4n) is 2.97. The summed E-state index contributed by atoms with van der Waals surface area (Å²) in [4.78, 5) is 10.4. The third-order valence-electron chi connectivity index (χ3n) is 4.40. The van der Waals surface area contributed by atoms with Gasteiger partial charge in [0.25, 0.3) is 5.17 Å². The fourth-order valence-corrected chi connectivity index (χ4v) is 4.57. The van der Waals surface area contributed by atoms with Crippen molar-refractivity contribution in [3.8, 4) is 0 Å². The second-order valence-electron chi connectivity index (χ2n) is 6.97. The number of nitrogens with zero attached hydrogens (tertiary/aromatic N) is 3. The van der Waals surface area contributed by atoms with E-state index in [1.807, 2.05) is 48.8 Å². The van der Waals surface area contributed by atoms with E-state index in [4.69, 9.17) is 33.5 Å². The Morgan fingerprint density at radius 2 is 2.10 bits per heavy atom. The summed E-state index contributed by atoms with van der Waals surface area (Å²) in [6.07, 6.45) is 3.74. The summed E-state index contributed by atoms with van der Waals surface area (Å²) in [5, 5.41) is 5.02. The van der Waals surface area contributed by atoms with Gasteiger partial charge in [0.1, 0.15) is 12.2 Å². The highest BCUT2D eigenvalue weighted by Gasteiger charge is 2.42. The Morgan fingerprint density at radius 3 is 2.76 bits per heavy atom. The first-order valence-corrected chi connectivity index (χ1v) is 10.9. The van der Waals surface area contributed by atoms with Gasteiger partial charge in [0.2, 0.25) is 11.8 Å². The Hall–Kier alpha value is -1.93. The van der Waals surface area contributed by atoms with Crippen molar-refractivity contribution in [2.75, 3.05) is 13.8 Å². The van der Waals surface area contributed by atoms with E-state index in [9.17, 15) is 0 Å². The summed E-state index contributed by atoms with van der Waals surface area (Å²) >= 11 is 13.1. The van der Waals surface area contributed by atoms with Crippen LogP contribution in [0.25, 0.3) is 0 Å². The molecule has 0 amide bonds. The van der Waals surface area contributed by atoms with Crippen LogP contribution < -0.4 is 5.32 Å². The lowest BCUT2D eigenvalue weighted by atomic mass is 10.1. The first-order valence-electron chi connectivity index (χ1n) is 9.28. The van der Waals surface area contributed by atoms with Gasteiger partial charge in [0.15, 0.2) is 6.34 Å². The molecule has 5 nitrogen and oxygen atoms in total. The van der Waals surface area contributed by atoms with Crippen LogP contribution in [-0.4, -0.2) is 34.8 Å². The molecule has 152 valence electrons. The van der Waals surface area contributed by atoms with Crippen molar-refractivity contribution in [1.29, 1.82) is 0 Å². The average molecular weight is 448 g/mol. The number of rotatable bonds is 7. The summed E-state index contributed by atoms with van der Waals surface area (Å²) < 4.78 is 6.25. The van der Waals surface area contributed by atoms with Crippen molar-refractivity contribution in [3.63, 3.8) is 0 Å². The number of ether oxygens (including phenoxy) is 1. The second kappa shape index (κ2) is 9.71. The van der Waals surface area contributed by atoms with E-state index >= 15 is 0 Å². The molecule has 0 fully saturated rings. The smallest absolute Gasteiger partial charge is 0.260 e. The SMILES string of the molecule is CNC(=S)OC[N+]1(Cc2ccccn2)C=NC(C(C)C)=C1Sc1cccc(Cl)c1. The lowest BCUT2D eigenvalue weighted by Crippen LogP contribution is -2.46. The van der Waals surface area contributed by atoms with E-state index in [0.29, 0.717) is 28.0 Å². The molecule has 0 saturated heterocycles. The summed E-state index contributed by atoms with van der Waals surface area (Å²) in [7, 11) is 1.75. The van der Waals surface area contributed by atoms with E-state index in [1.54, 1.807) is 25.0 Å². The van der Waals surface area contributed by atoms with Gasteiger partial charge in [-0.3, -0.25) is 4.98 Å². The molecule has 1 N–H and O–H groups in total. The zero-order chi connectivity index (χ0) is 20.9. The minimum absolute atomic E-state index is 0.257. The van der Waals surface area contributed by atoms with E-state index in [2.05, 4.69) is 24.1 Å². The predicted octanol–water partition coefficient (Wildman–Crippen LogP) is 5.19. The molecule has 0 bridgehead atoms. The highest BCUT2D eigenvalue weighted by atomic mass is 35.5. The summed E-state index contributed by atoms with van der Waals surface area (Å²) in [5.74, 6) is 0.257. The maximum Gasteiger partial charge on any atom is 0.260 e. The number of hydrogen-bond donors (Lipinski definition) is 1. The van der Waals surface area contributed by atoms with Crippen molar-refractivity contribution in [2.45, 2.75) is 25.3 Å². The second-order valence-corrected chi connectivity index (χ2v) is 8.84. The monoisotopic (exact) mass is 447 g/mol. The molecule has 8 heteroatoms. The summed E-state index contributed by atoms with van der Waals surface area (Å²) in [5.41, 5.74) is 1.98. The first kappa shape index (κ1) is 21.8. The molecule has 1 aromatic carbocycles. The molecule has 0 saturated carbocycles. The topological polar surface area (TPSA) is 46.5 Å². The van der Waals surface area contributed by atoms with Gasteiger partial charge in [-0.1, -0.05) is 37.6 Å². The Bertz CT molecular complexity index is 933. The van der Waals surface area contributed by atoms with Gasteiger partial charge in [0, 0.05) is 29.1 Å². The van der Waals surface area contributed by atoms with Crippen LogP contribution >= 0.6 is 35.6 Å². The van der Waals surface area contributed by atoms with Crippen LogP contribution in [-0.2, 0) is 11.3 Å². The largest absolute Gasteiger partial charge is 0.419 e. The number of hydrogen-bond acceptors (Lipinski definition) is 5. The number of thioether (sulfide) groups is 1. The molecule has 2 heterocycles. The van der Waals surface area contributed by atoms with Gasteiger partial charge in [0.05, 0.1) is 5.69 Å². The number of nitrogens with one attached hydrogen (secondary N) is 1. The summed E-state index contributed by atoms with van der Waals surface area (Å²) in [6, 6.07) is 13.8. The van der Waals surface area contributed by atoms with Gasteiger partial charge in [-0.05, 0) is 54.3 Å². The van der Waals surface area contributed by atoms with Gasteiger partial charge >= 0.3 is 0 Å². The van der Waals surface area contributed by atoms with Crippen molar-refractivity contribution in [3.05, 3.63) is 70.1 Å². The molecule has 1 aliphatic rings. The highest BCUT2D eigenvalue weighted by Crippen LogP contribution is 2.43. The van der Waals surface area contributed by atoms with Gasteiger partial charge in [-0.2, -0.15) is 0 Å². The van der Waals surface area contributed by atoms with Gasteiger partial charge in [-0.15, -0.1) is 0 Å².